The number of aryl methyl sites for hydroxylation is 1. The van der Waals surface area contributed by atoms with E-state index in [1.165, 1.54) is 0 Å². The molecule has 0 saturated carbocycles. The van der Waals surface area contributed by atoms with E-state index in [0.29, 0.717) is 16.6 Å². The SMILES string of the molecule is Cc1ccccc1C(CC(=O)N(C)Cc1ccc(Cl)c(Cl)c1)NC(N)=O. The van der Waals surface area contributed by atoms with Gasteiger partial charge in [0.15, 0.2) is 0 Å². The fraction of sp³-hybridized carbons (Fsp3) is 0.263. The molecule has 0 bridgehead atoms. The van der Waals surface area contributed by atoms with Gasteiger partial charge in [-0.15, -0.1) is 0 Å². The van der Waals surface area contributed by atoms with Crippen molar-refractivity contribution >= 4 is 35.1 Å². The number of nitrogens with two attached hydrogens (primary N) is 1. The van der Waals surface area contributed by atoms with E-state index in [1.807, 2.05) is 37.3 Å². The van der Waals surface area contributed by atoms with E-state index in [4.69, 9.17) is 28.9 Å². The maximum Gasteiger partial charge on any atom is 0.312 e. The minimum absolute atomic E-state index is 0.103. The molecule has 0 heterocycles. The van der Waals surface area contributed by atoms with Gasteiger partial charge in [0.2, 0.25) is 5.91 Å². The third kappa shape index (κ3) is 5.38. The number of urea groups is 1. The first-order valence-corrected chi connectivity index (χ1v) is 8.83. The van der Waals surface area contributed by atoms with E-state index in [-0.39, 0.29) is 12.3 Å². The lowest BCUT2D eigenvalue weighted by Crippen LogP contribution is -2.37. The molecule has 2 aromatic rings. The number of benzene rings is 2. The second kappa shape index (κ2) is 8.92. The number of nitrogens with one attached hydrogen (secondary N) is 1. The van der Waals surface area contributed by atoms with E-state index in [0.717, 1.165) is 16.7 Å². The monoisotopic (exact) mass is 393 g/mol. The Balaban J connectivity index is 2.11. The number of rotatable bonds is 6. The number of hydrogen-bond donors (Lipinski definition) is 2. The van der Waals surface area contributed by atoms with Gasteiger partial charge in [-0.2, -0.15) is 0 Å². The Morgan fingerprint density at radius 2 is 1.85 bits per heavy atom. The summed E-state index contributed by atoms with van der Waals surface area (Å²) in [6.07, 6.45) is 0.103. The number of carbonyl (C=O) groups is 2. The smallest absolute Gasteiger partial charge is 0.312 e. The van der Waals surface area contributed by atoms with Gasteiger partial charge in [-0.25, -0.2) is 4.79 Å². The molecule has 7 heteroatoms. The summed E-state index contributed by atoms with van der Waals surface area (Å²) in [6, 6.07) is 11.7. The van der Waals surface area contributed by atoms with Crippen LogP contribution in [0.25, 0.3) is 0 Å². The van der Waals surface area contributed by atoms with E-state index in [9.17, 15) is 9.59 Å². The molecule has 1 unspecified atom stereocenters. The predicted octanol–water partition coefficient (Wildman–Crippen LogP) is 4.06. The van der Waals surface area contributed by atoms with Crippen LogP contribution in [-0.2, 0) is 11.3 Å². The Morgan fingerprint density at radius 1 is 1.15 bits per heavy atom. The van der Waals surface area contributed by atoms with Crippen molar-refractivity contribution in [2.24, 2.45) is 5.73 Å². The second-order valence-electron chi connectivity index (χ2n) is 6.12. The number of halogens is 2. The Kier molecular flexibility index (Phi) is 6.89. The summed E-state index contributed by atoms with van der Waals surface area (Å²) in [5, 5.41) is 3.57. The number of carbonyl (C=O) groups excluding carboxylic acids is 2. The highest BCUT2D eigenvalue weighted by molar-refractivity contribution is 6.42. The predicted molar refractivity (Wildman–Crippen MR) is 104 cm³/mol. The molecular weight excluding hydrogens is 373 g/mol. The molecular formula is C19H21Cl2N3O2. The Bertz CT molecular complexity index is 811. The zero-order valence-electron chi connectivity index (χ0n) is 14.6. The minimum atomic E-state index is -0.668. The third-order valence-corrected chi connectivity index (χ3v) is 4.83. The Hall–Kier alpha value is -2.24. The van der Waals surface area contributed by atoms with Gasteiger partial charge in [0.1, 0.15) is 0 Å². The summed E-state index contributed by atoms with van der Waals surface area (Å²) in [6.45, 7) is 2.31. The van der Waals surface area contributed by atoms with Crippen LogP contribution in [0.2, 0.25) is 10.0 Å². The second-order valence-corrected chi connectivity index (χ2v) is 6.93. The lowest BCUT2D eigenvalue weighted by molar-refractivity contribution is -0.130. The molecule has 5 nitrogen and oxygen atoms in total. The van der Waals surface area contributed by atoms with Crippen LogP contribution in [0.3, 0.4) is 0 Å². The maximum absolute atomic E-state index is 12.7. The van der Waals surface area contributed by atoms with Crippen LogP contribution < -0.4 is 11.1 Å². The van der Waals surface area contributed by atoms with Crippen LogP contribution in [0.1, 0.15) is 29.2 Å². The fourth-order valence-electron chi connectivity index (χ4n) is 2.72. The highest BCUT2D eigenvalue weighted by Gasteiger charge is 2.21. The minimum Gasteiger partial charge on any atom is -0.352 e. The lowest BCUT2D eigenvalue weighted by atomic mass is 9.98. The van der Waals surface area contributed by atoms with Crippen LogP contribution in [-0.4, -0.2) is 23.9 Å². The third-order valence-electron chi connectivity index (χ3n) is 4.09. The molecule has 3 amide bonds. The van der Waals surface area contributed by atoms with Crippen molar-refractivity contribution in [2.75, 3.05) is 7.05 Å². The van der Waals surface area contributed by atoms with E-state index >= 15 is 0 Å². The molecule has 26 heavy (non-hydrogen) atoms. The van der Waals surface area contributed by atoms with Gasteiger partial charge in [0.05, 0.1) is 22.5 Å². The van der Waals surface area contributed by atoms with Gasteiger partial charge < -0.3 is 16.0 Å². The largest absolute Gasteiger partial charge is 0.352 e. The van der Waals surface area contributed by atoms with Gasteiger partial charge in [0, 0.05) is 13.6 Å². The van der Waals surface area contributed by atoms with Crippen LogP contribution in [0.15, 0.2) is 42.5 Å². The van der Waals surface area contributed by atoms with E-state index in [1.54, 1.807) is 24.1 Å². The first kappa shape index (κ1) is 20.1. The zero-order valence-corrected chi connectivity index (χ0v) is 16.1. The summed E-state index contributed by atoms with van der Waals surface area (Å²) >= 11 is 11.9. The number of primary amides is 1. The van der Waals surface area contributed by atoms with Crippen molar-refractivity contribution in [3.63, 3.8) is 0 Å². The van der Waals surface area contributed by atoms with Crippen molar-refractivity contribution in [1.29, 1.82) is 0 Å². The summed E-state index contributed by atoms with van der Waals surface area (Å²) in [7, 11) is 1.70. The fourth-order valence-corrected chi connectivity index (χ4v) is 3.04. The average Bonchev–Trinajstić information content (AvgIpc) is 2.57. The summed E-state index contributed by atoms with van der Waals surface area (Å²) in [5.74, 6) is -0.127. The molecule has 0 aliphatic heterocycles. The molecule has 2 aromatic carbocycles. The van der Waals surface area contributed by atoms with Crippen molar-refractivity contribution in [3.8, 4) is 0 Å². The van der Waals surface area contributed by atoms with Gasteiger partial charge >= 0.3 is 6.03 Å². The topological polar surface area (TPSA) is 75.4 Å². The van der Waals surface area contributed by atoms with Gasteiger partial charge in [-0.05, 0) is 35.7 Å². The highest BCUT2D eigenvalue weighted by Crippen LogP contribution is 2.24. The standard InChI is InChI=1S/C19H21Cl2N3O2/c1-12-5-3-4-6-14(12)17(23-19(22)26)10-18(25)24(2)11-13-7-8-15(20)16(21)9-13/h3-9,17H,10-11H2,1-2H3,(H3,22,23,26). The molecule has 0 aliphatic carbocycles. The molecule has 0 spiro atoms. The molecule has 0 aromatic heterocycles. The Labute approximate surface area is 163 Å². The Morgan fingerprint density at radius 3 is 2.46 bits per heavy atom. The molecule has 0 saturated heterocycles. The van der Waals surface area contributed by atoms with Crippen molar-refractivity contribution in [3.05, 3.63) is 69.2 Å². The number of nitrogens with zero attached hydrogens (tertiary/aromatic N) is 1. The molecule has 0 aliphatic rings. The van der Waals surface area contributed by atoms with Crippen molar-refractivity contribution < 1.29 is 9.59 Å². The summed E-state index contributed by atoms with van der Waals surface area (Å²) in [4.78, 5) is 25.6. The normalized spacial score (nSPS) is 11.7. The lowest BCUT2D eigenvalue weighted by Gasteiger charge is -2.23. The molecule has 138 valence electrons. The molecule has 2 rings (SSSR count). The molecule has 0 radical (unpaired) electrons. The van der Waals surface area contributed by atoms with E-state index < -0.39 is 12.1 Å². The molecule has 3 N–H and O–H groups in total. The average molecular weight is 394 g/mol. The van der Waals surface area contributed by atoms with Crippen LogP contribution in [0, 0.1) is 6.92 Å². The summed E-state index contributed by atoms with van der Waals surface area (Å²) in [5.41, 5.74) is 7.99. The number of hydrogen-bond acceptors (Lipinski definition) is 2. The quantitative estimate of drug-likeness (QED) is 0.775. The van der Waals surface area contributed by atoms with Crippen LogP contribution in [0.5, 0.6) is 0 Å². The van der Waals surface area contributed by atoms with Crippen LogP contribution in [0.4, 0.5) is 4.79 Å². The number of amides is 3. The highest BCUT2D eigenvalue weighted by atomic mass is 35.5. The van der Waals surface area contributed by atoms with E-state index in [2.05, 4.69) is 5.32 Å². The van der Waals surface area contributed by atoms with Gasteiger partial charge in [-0.3, -0.25) is 4.79 Å². The first-order valence-electron chi connectivity index (χ1n) is 8.07. The first-order chi connectivity index (χ1) is 12.3. The van der Waals surface area contributed by atoms with Crippen LogP contribution >= 0.6 is 23.2 Å². The summed E-state index contributed by atoms with van der Waals surface area (Å²) < 4.78 is 0. The molecule has 1 atom stereocenters. The van der Waals surface area contributed by atoms with Crippen molar-refractivity contribution in [2.45, 2.75) is 25.9 Å². The van der Waals surface area contributed by atoms with Crippen molar-refractivity contribution in [1.82, 2.24) is 10.2 Å². The zero-order chi connectivity index (χ0) is 19.3. The maximum atomic E-state index is 12.7. The van der Waals surface area contributed by atoms with Gasteiger partial charge in [0.25, 0.3) is 0 Å². The van der Waals surface area contributed by atoms with Gasteiger partial charge in [-0.1, -0.05) is 53.5 Å². The molecule has 0 fully saturated rings.